The average Bonchev–Trinajstić information content (AvgIpc) is 3.06. The summed E-state index contributed by atoms with van der Waals surface area (Å²) in [5.41, 5.74) is -0.0221. The number of imide groups is 1. The number of tetrazole rings is 1. The molecular formula is C15H17ClN6O2. The standard InChI is InChI=1S/C15H17ClN6O2/c1-15(2)13(23)21(14(24)17-15)8-3-9-22-19-12(18-20-22)10-4-6-11(16)7-5-10/h4-7H,3,8-9H2,1-2H3,(H,17,24). The fraction of sp³-hybridized carbons (Fsp3) is 0.400. The maximum atomic E-state index is 12.1. The molecular weight excluding hydrogens is 332 g/mol. The van der Waals surface area contributed by atoms with E-state index < -0.39 is 5.54 Å². The summed E-state index contributed by atoms with van der Waals surface area (Å²) in [4.78, 5) is 26.5. The Labute approximate surface area is 143 Å². The lowest BCUT2D eigenvalue weighted by Crippen LogP contribution is -2.40. The second-order valence-electron chi connectivity index (χ2n) is 6.08. The number of benzene rings is 1. The second kappa shape index (κ2) is 6.20. The molecule has 8 nitrogen and oxygen atoms in total. The summed E-state index contributed by atoms with van der Waals surface area (Å²) >= 11 is 5.85. The lowest BCUT2D eigenvalue weighted by atomic mass is 10.1. The zero-order chi connectivity index (χ0) is 17.3. The van der Waals surface area contributed by atoms with Gasteiger partial charge >= 0.3 is 6.03 Å². The first-order valence-corrected chi connectivity index (χ1v) is 7.92. The van der Waals surface area contributed by atoms with Crippen LogP contribution in [0.5, 0.6) is 0 Å². The number of aryl methyl sites for hydroxylation is 1. The summed E-state index contributed by atoms with van der Waals surface area (Å²) in [6.45, 7) is 4.14. The summed E-state index contributed by atoms with van der Waals surface area (Å²) in [5.74, 6) is 0.281. The highest BCUT2D eigenvalue weighted by Crippen LogP contribution is 2.18. The molecule has 2 heterocycles. The molecule has 3 amide bonds. The Kier molecular flexibility index (Phi) is 4.23. The molecule has 2 aromatic rings. The summed E-state index contributed by atoms with van der Waals surface area (Å²) in [7, 11) is 0. The number of carbonyl (C=O) groups is 2. The van der Waals surface area contributed by atoms with Crippen molar-refractivity contribution in [2.24, 2.45) is 0 Å². The molecule has 24 heavy (non-hydrogen) atoms. The fourth-order valence-corrected chi connectivity index (χ4v) is 2.57. The first-order chi connectivity index (χ1) is 11.4. The number of halogens is 1. The van der Waals surface area contributed by atoms with Crippen molar-refractivity contribution in [2.45, 2.75) is 32.4 Å². The van der Waals surface area contributed by atoms with Crippen molar-refractivity contribution in [1.82, 2.24) is 30.4 Å². The molecule has 3 rings (SSSR count). The summed E-state index contributed by atoms with van der Waals surface area (Å²) < 4.78 is 0. The molecule has 126 valence electrons. The van der Waals surface area contributed by atoms with Gasteiger partial charge in [0.05, 0.1) is 6.54 Å². The van der Waals surface area contributed by atoms with Crippen LogP contribution in [0.4, 0.5) is 4.79 Å². The number of amides is 3. The molecule has 1 aromatic heterocycles. The Morgan fingerprint density at radius 2 is 1.88 bits per heavy atom. The Morgan fingerprint density at radius 3 is 2.50 bits per heavy atom. The number of urea groups is 1. The minimum absolute atomic E-state index is 0.221. The van der Waals surface area contributed by atoms with E-state index >= 15 is 0 Å². The van der Waals surface area contributed by atoms with Gasteiger partial charge in [0.15, 0.2) is 0 Å². The SMILES string of the molecule is CC1(C)NC(=O)N(CCCn2nnc(-c3ccc(Cl)cc3)n2)C1=O. The molecule has 1 saturated heterocycles. The molecule has 0 unspecified atom stereocenters. The first kappa shape index (κ1) is 16.4. The third-order valence-corrected chi connectivity index (χ3v) is 3.99. The lowest BCUT2D eigenvalue weighted by Gasteiger charge is -2.15. The highest BCUT2D eigenvalue weighted by Gasteiger charge is 2.43. The Balaban J connectivity index is 1.57. The average molecular weight is 349 g/mol. The fourth-order valence-electron chi connectivity index (χ4n) is 2.44. The molecule has 0 radical (unpaired) electrons. The van der Waals surface area contributed by atoms with Gasteiger partial charge in [0, 0.05) is 17.1 Å². The molecule has 1 N–H and O–H groups in total. The van der Waals surface area contributed by atoms with E-state index in [0.29, 0.717) is 30.4 Å². The van der Waals surface area contributed by atoms with E-state index in [2.05, 4.69) is 20.7 Å². The zero-order valence-corrected chi connectivity index (χ0v) is 14.1. The molecule has 0 spiro atoms. The molecule has 0 saturated carbocycles. The molecule has 9 heteroatoms. The minimum Gasteiger partial charge on any atom is -0.324 e. The van der Waals surface area contributed by atoms with E-state index in [-0.39, 0.29) is 11.9 Å². The van der Waals surface area contributed by atoms with E-state index in [1.54, 1.807) is 26.0 Å². The van der Waals surface area contributed by atoms with Crippen LogP contribution in [0.25, 0.3) is 11.4 Å². The van der Waals surface area contributed by atoms with Crippen LogP contribution < -0.4 is 5.32 Å². The number of nitrogens with one attached hydrogen (secondary N) is 1. The van der Waals surface area contributed by atoms with Crippen molar-refractivity contribution < 1.29 is 9.59 Å². The largest absolute Gasteiger partial charge is 0.325 e. The van der Waals surface area contributed by atoms with E-state index in [1.165, 1.54) is 9.70 Å². The first-order valence-electron chi connectivity index (χ1n) is 7.55. The number of nitrogens with zero attached hydrogens (tertiary/aromatic N) is 5. The zero-order valence-electron chi connectivity index (χ0n) is 13.4. The maximum absolute atomic E-state index is 12.1. The number of aromatic nitrogens is 4. The normalized spacial score (nSPS) is 16.5. The topological polar surface area (TPSA) is 93.0 Å². The molecule has 0 aliphatic carbocycles. The smallest absolute Gasteiger partial charge is 0.324 e. The number of hydrogen-bond donors (Lipinski definition) is 1. The minimum atomic E-state index is -0.843. The predicted molar refractivity (Wildman–Crippen MR) is 87.2 cm³/mol. The summed E-state index contributed by atoms with van der Waals surface area (Å²) in [6, 6.07) is 6.80. The summed E-state index contributed by atoms with van der Waals surface area (Å²) in [6.07, 6.45) is 0.547. The van der Waals surface area contributed by atoms with Gasteiger partial charge in [0.25, 0.3) is 5.91 Å². The van der Waals surface area contributed by atoms with E-state index in [0.717, 1.165) is 5.56 Å². The van der Waals surface area contributed by atoms with Gasteiger partial charge in [-0.2, -0.15) is 4.80 Å². The Bertz CT molecular complexity index is 771. The quantitative estimate of drug-likeness (QED) is 0.830. The third kappa shape index (κ3) is 3.23. The van der Waals surface area contributed by atoms with Crippen molar-refractivity contribution in [1.29, 1.82) is 0 Å². The van der Waals surface area contributed by atoms with E-state index in [9.17, 15) is 9.59 Å². The van der Waals surface area contributed by atoms with Crippen LogP contribution in [0.3, 0.4) is 0 Å². The van der Waals surface area contributed by atoms with Gasteiger partial charge < -0.3 is 5.32 Å². The van der Waals surface area contributed by atoms with Crippen LogP contribution in [0.1, 0.15) is 20.3 Å². The molecule has 1 fully saturated rings. The van der Waals surface area contributed by atoms with Crippen LogP contribution >= 0.6 is 11.6 Å². The van der Waals surface area contributed by atoms with Crippen LogP contribution in [0.2, 0.25) is 5.02 Å². The predicted octanol–water partition coefficient (Wildman–Crippen LogP) is 1.71. The molecule has 0 atom stereocenters. The third-order valence-electron chi connectivity index (χ3n) is 3.74. The van der Waals surface area contributed by atoms with Crippen LogP contribution in [0, 0.1) is 0 Å². The number of hydrogen-bond acceptors (Lipinski definition) is 5. The molecule has 1 aliphatic heterocycles. The maximum Gasteiger partial charge on any atom is 0.325 e. The van der Waals surface area contributed by atoms with Crippen molar-refractivity contribution in [3.8, 4) is 11.4 Å². The Morgan fingerprint density at radius 1 is 1.17 bits per heavy atom. The van der Waals surface area contributed by atoms with Crippen molar-refractivity contribution in [3.63, 3.8) is 0 Å². The van der Waals surface area contributed by atoms with Gasteiger partial charge in [0.2, 0.25) is 5.82 Å². The van der Waals surface area contributed by atoms with Gasteiger partial charge in [-0.05, 0) is 49.7 Å². The highest BCUT2D eigenvalue weighted by atomic mass is 35.5. The second-order valence-corrected chi connectivity index (χ2v) is 6.52. The van der Waals surface area contributed by atoms with E-state index in [1.807, 2.05) is 12.1 Å². The molecule has 1 aliphatic rings. The van der Waals surface area contributed by atoms with Gasteiger partial charge in [-0.1, -0.05) is 11.6 Å². The monoisotopic (exact) mass is 348 g/mol. The highest BCUT2D eigenvalue weighted by molar-refractivity contribution is 6.30. The van der Waals surface area contributed by atoms with Gasteiger partial charge in [-0.15, -0.1) is 10.2 Å². The van der Waals surface area contributed by atoms with Gasteiger partial charge in [-0.25, -0.2) is 4.79 Å². The Hall–Kier alpha value is -2.48. The van der Waals surface area contributed by atoms with Gasteiger partial charge in [-0.3, -0.25) is 9.69 Å². The number of rotatable bonds is 5. The summed E-state index contributed by atoms with van der Waals surface area (Å²) in [5, 5.41) is 15.6. The molecule has 0 bridgehead atoms. The van der Waals surface area contributed by atoms with Crippen molar-refractivity contribution >= 4 is 23.5 Å². The number of carbonyl (C=O) groups excluding carboxylic acids is 2. The van der Waals surface area contributed by atoms with E-state index in [4.69, 9.17) is 11.6 Å². The van der Waals surface area contributed by atoms with Gasteiger partial charge in [0.1, 0.15) is 5.54 Å². The van der Waals surface area contributed by atoms with Crippen molar-refractivity contribution in [2.75, 3.05) is 6.54 Å². The van der Waals surface area contributed by atoms with Crippen LogP contribution in [0.15, 0.2) is 24.3 Å². The van der Waals surface area contributed by atoms with Crippen molar-refractivity contribution in [3.05, 3.63) is 29.3 Å². The van der Waals surface area contributed by atoms with Crippen LogP contribution in [-0.2, 0) is 11.3 Å². The molecule has 1 aromatic carbocycles. The van der Waals surface area contributed by atoms with Crippen LogP contribution in [-0.4, -0.2) is 49.1 Å². The lowest BCUT2D eigenvalue weighted by molar-refractivity contribution is -0.130.